The van der Waals surface area contributed by atoms with E-state index in [-0.39, 0.29) is 90.1 Å². The van der Waals surface area contributed by atoms with Gasteiger partial charge in [0.05, 0.1) is 58.6 Å². The monoisotopic (exact) mass is 926 g/mol. The Labute approximate surface area is 390 Å². The lowest BCUT2D eigenvalue weighted by atomic mass is 10.0. The van der Waals surface area contributed by atoms with Crippen molar-refractivity contribution in [3.8, 4) is 24.3 Å². The molecule has 0 radical (unpaired) electrons. The van der Waals surface area contributed by atoms with Crippen molar-refractivity contribution in [3.05, 3.63) is 185 Å². The van der Waals surface area contributed by atoms with Gasteiger partial charge < -0.3 is 9.47 Å². The van der Waals surface area contributed by atoms with Crippen LogP contribution in [-0.4, -0.2) is 35.1 Å². The Hall–Kier alpha value is -8.96. The number of carbonyl (C=O) groups excluding carboxylic acids is 6. The Morgan fingerprint density at radius 2 is 0.896 bits per heavy atom. The summed E-state index contributed by atoms with van der Waals surface area (Å²) in [5.74, 6) is -4.02. The van der Waals surface area contributed by atoms with E-state index in [1.54, 1.807) is 60.7 Å². The molecule has 8 aromatic rings. The van der Waals surface area contributed by atoms with Gasteiger partial charge in [-0.15, -0.1) is 34.0 Å². The van der Waals surface area contributed by atoms with Crippen LogP contribution < -0.4 is 0 Å². The number of rotatable bonds is 8. The third-order valence-corrected chi connectivity index (χ3v) is 14.8. The quantitative estimate of drug-likeness (QED) is 0.0790. The van der Waals surface area contributed by atoms with Gasteiger partial charge in [0, 0.05) is 47.5 Å². The van der Waals surface area contributed by atoms with Crippen LogP contribution in [0.15, 0.2) is 108 Å². The first-order valence-corrected chi connectivity index (χ1v) is 22.4. The second-order valence-corrected chi connectivity index (χ2v) is 18.4. The summed E-state index contributed by atoms with van der Waals surface area (Å²) in [5, 5.41) is 39.0. The van der Waals surface area contributed by atoms with Gasteiger partial charge >= 0.3 is 11.9 Å². The molecule has 3 heterocycles. The molecular weight excluding hydrogens is 905 g/mol. The zero-order chi connectivity index (χ0) is 46.7. The molecule has 316 valence electrons. The molecule has 67 heavy (non-hydrogen) atoms. The maximum atomic E-state index is 14.7. The number of hydrogen-bond acceptors (Lipinski definition) is 15. The number of hydrogen-bond donors (Lipinski definition) is 0. The molecule has 0 saturated heterocycles. The predicted molar refractivity (Wildman–Crippen MR) is 249 cm³/mol. The molecule has 0 amide bonds. The molecule has 0 atom stereocenters. The van der Waals surface area contributed by atoms with Crippen molar-refractivity contribution >= 4 is 111 Å². The summed E-state index contributed by atoms with van der Waals surface area (Å²) >= 11 is 3.37. The zero-order valence-electron chi connectivity index (χ0n) is 34.1. The van der Waals surface area contributed by atoms with E-state index >= 15 is 0 Å². The summed E-state index contributed by atoms with van der Waals surface area (Å²) in [6.45, 7) is -0.196. The first kappa shape index (κ1) is 42.0. The molecule has 0 aliphatic heterocycles. The molecule has 2 aliphatic rings. The van der Waals surface area contributed by atoms with Crippen molar-refractivity contribution in [2.24, 2.45) is 0 Å². The number of thiophene rings is 3. The first-order valence-electron chi connectivity index (χ1n) is 20.0. The number of benzene rings is 5. The third-order valence-electron chi connectivity index (χ3n) is 11.3. The predicted octanol–water partition coefficient (Wildman–Crippen LogP) is 10.5. The van der Waals surface area contributed by atoms with Gasteiger partial charge in [0.2, 0.25) is 0 Å². The maximum Gasteiger partial charge on any atom is 0.340 e. The lowest BCUT2D eigenvalue weighted by molar-refractivity contribution is 0.0466. The summed E-state index contributed by atoms with van der Waals surface area (Å²) in [7, 11) is 0. The number of nitrogens with zero attached hydrogens (tertiary/aromatic N) is 4. The number of carbonyl (C=O) groups is 6. The lowest BCUT2D eigenvalue weighted by Crippen LogP contribution is -2.10. The average molecular weight is 927 g/mol. The van der Waals surface area contributed by atoms with E-state index in [1.807, 2.05) is 36.4 Å². The van der Waals surface area contributed by atoms with Gasteiger partial charge in [-0.25, -0.2) is 9.59 Å². The number of fused-ring (bicyclic) bond motifs is 6. The zero-order valence-corrected chi connectivity index (χ0v) is 36.5. The fraction of sp³-hybridized carbons (Fsp3) is 0.0385. The van der Waals surface area contributed by atoms with Gasteiger partial charge in [-0.05, 0) is 59.7 Å². The highest BCUT2D eigenvalue weighted by Gasteiger charge is 2.37. The molecule has 5 aromatic carbocycles. The molecule has 3 aromatic heterocycles. The second kappa shape index (κ2) is 16.5. The van der Waals surface area contributed by atoms with Crippen LogP contribution in [0.5, 0.6) is 0 Å². The van der Waals surface area contributed by atoms with E-state index in [0.717, 1.165) is 22.7 Å². The Kier molecular flexibility index (Phi) is 10.4. The molecular formula is C52H22N4O8S3. The molecule has 0 bridgehead atoms. The molecule has 0 spiro atoms. The molecule has 0 N–H and O–H groups in total. The van der Waals surface area contributed by atoms with Crippen LogP contribution in [0, 0.1) is 45.3 Å². The SMILES string of the molecule is N#Cc1cc2c(cc1C#N)C(=O)C(=Cc1cc3c(C(=O)OCc4ccccc4)c4sc5cc(C=C6C(=O)c7cc(C#N)c(C#N)cc7C6=O)sc5c4c(C(=O)OCc4ccccc4)c3s1)C2=O. The summed E-state index contributed by atoms with van der Waals surface area (Å²) in [4.78, 5) is 84.8. The van der Waals surface area contributed by atoms with Gasteiger partial charge in [0.15, 0.2) is 23.1 Å². The first-order chi connectivity index (χ1) is 32.5. The molecule has 0 saturated carbocycles. The van der Waals surface area contributed by atoms with Crippen molar-refractivity contribution in [1.29, 1.82) is 21.0 Å². The van der Waals surface area contributed by atoms with Crippen molar-refractivity contribution in [1.82, 2.24) is 0 Å². The summed E-state index contributed by atoms with van der Waals surface area (Å²) in [6.07, 6.45) is 2.78. The molecule has 12 nitrogen and oxygen atoms in total. The van der Waals surface area contributed by atoms with Crippen LogP contribution in [0.1, 0.15) is 105 Å². The van der Waals surface area contributed by atoms with Crippen LogP contribution >= 0.6 is 34.0 Å². The number of ketones is 4. The van der Waals surface area contributed by atoms with Gasteiger partial charge in [0.1, 0.15) is 37.5 Å². The Bertz CT molecular complexity index is 3750. The van der Waals surface area contributed by atoms with Crippen LogP contribution in [0.4, 0.5) is 0 Å². The highest BCUT2D eigenvalue weighted by Crippen LogP contribution is 2.49. The van der Waals surface area contributed by atoms with E-state index in [2.05, 4.69) is 0 Å². The van der Waals surface area contributed by atoms with Gasteiger partial charge in [0.25, 0.3) is 0 Å². The van der Waals surface area contributed by atoms with E-state index in [1.165, 1.54) is 47.8 Å². The Balaban J connectivity index is 1.17. The van der Waals surface area contributed by atoms with Crippen molar-refractivity contribution in [3.63, 3.8) is 0 Å². The van der Waals surface area contributed by atoms with E-state index in [4.69, 9.17) is 9.47 Å². The topological polar surface area (TPSA) is 216 Å². The van der Waals surface area contributed by atoms with Crippen LogP contribution in [0.25, 0.3) is 41.7 Å². The summed E-state index contributed by atoms with van der Waals surface area (Å²) in [6, 6.07) is 33.8. The molecule has 0 fully saturated rings. The fourth-order valence-corrected chi connectivity index (χ4v) is 11.9. The highest BCUT2D eigenvalue weighted by molar-refractivity contribution is 7.33. The number of esters is 2. The van der Waals surface area contributed by atoms with Crippen molar-refractivity contribution in [2.45, 2.75) is 13.2 Å². The fourth-order valence-electron chi connectivity index (χ4n) is 8.11. The van der Waals surface area contributed by atoms with Crippen LogP contribution in [0.3, 0.4) is 0 Å². The van der Waals surface area contributed by atoms with Crippen LogP contribution in [-0.2, 0) is 22.7 Å². The minimum Gasteiger partial charge on any atom is -0.457 e. The second-order valence-electron chi connectivity index (χ2n) is 15.2. The Morgan fingerprint density at radius 1 is 0.493 bits per heavy atom. The molecule has 2 aliphatic carbocycles. The third kappa shape index (κ3) is 7.01. The largest absolute Gasteiger partial charge is 0.457 e. The van der Waals surface area contributed by atoms with Crippen molar-refractivity contribution in [2.75, 3.05) is 0 Å². The molecule has 10 rings (SSSR count). The number of nitriles is 4. The van der Waals surface area contributed by atoms with Crippen LogP contribution in [0.2, 0.25) is 0 Å². The average Bonchev–Trinajstić information content (AvgIpc) is 4.14. The highest BCUT2D eigenvalue weighted by atomic mass is 32.1. The minimum atomic E-state index is -0.746. The van der Waals surface area contributed by atoms with Gasteiger partial charge in [-0.3, -0.25) is 19.2 Å². The van der Waals surface area contributed by atoms with E-state index < -0.39 is 35.1 Å². The maximum absolute atomic E-state index is 14.7. The molecule has 15 heteroatoms. The van der Waals surface area contributed by atoms with E-state index in [0.29, 0.717) is 40.4 Å². The number of allylic oxidation sites excluding steroid dienone is 2. The molecule has 0 unspecified atom stereocenters. The summed E-state index contributed by atoms with van der Waals surface area (Å²) < 4.78 is 13.7. The standard InChI is InChI=1S/C52H22N4O8S3/c53-19-27-11-33-34(12-28(27)20-54)45(58)38(44(33)57)16-31-15-37-41(51(61)63-23-25-7-3-1-4-8-25)50-42(43(48(37)65-31)52(62)64-24-26-9-5-2-6-10-26)49-40(67-50)18-32(66-49)17-39-46(59)35-13-29(21-55)30(22-56)14-36(35)47(39)60/h1-18H,23-24H2. The minimum absolute atomic E-state index is 0.00676. The van der Waals surface area contributed by atoms with Gasteiger partial charge in [-0.1, -0.05) is 60.7 Å². The smallest absolute Gasteiger partial charge is 0.340 e. The number of ether oxygens (including phenoxy) is 2. The summed E-state index contributed by atoms with van der Waals surface area (Å²) in [5.41, 5.74) is 0.957. The van der Waals surface area contributed by atoms with E-state index in [9.17, 15) is 49.8 Å². The normalized spacial score (nSPS) is 12.7. The van der Waals surface area contributed by atoms with Gasteiger partial charge in [-0.2, -0.15) is 21.0 Å². The number of Topliss-reactive ketones (excluding diaryl/α,β-unsaturated/α-hetero) is 4. The Morgan fingerprint density at radius 3 is 1.33 bits per heavy atom. The van der Waals surface area contributed by atoms with Crippen molar-refractivity contribution < 1.29 is 38.2 Å². The lowest BCUT2D eigenvalue weighted by Gasteiger charge is -2.12.